The van der Waals surface area contributed by atoms with Crippen LogP contribution >= 0.6 is 11.6 Å². The number of amides is 1. The molecule has 0 radical (unpaired) electrons. The molecule has 0 N–H and O–H groups in total. The molecule has 4 rings (SSSR count). The molecule has 3 aromatic rings. The lowest BCUT2D eigenvalue weighted by Gasteiger charge is -2.36. The molecule has 1 unspecified atom stereocenters. The van der Waals surface area contributed by atoms with Gasteiger partial charge in [-0.2, -0.15) is 4.98 Å². The van der Waals surface area contributed by atoms with Crippen molar-refractivity contribution in [3.8, 4) is 11.4 Å². The topological polar surface area (TPSA) is 75.4 Å². The van der Waals surface area contributed by atoms with E-state index in [1.54, 1.807) is 18.2 Å². The van der Waals surface area contributed by atoms with Gasteiger partial charge in [-0.1, -0.05) is 22.8 Å². The number of carbonyl (C=O) groups is 1. The average Bonchev–Trinajstić information content (AvgIpc) is 3.23. The summed E-state index contributed by atoms with van der Waals surface area (Å²) in [6.07, 6.45) is 0. The van der Waals surface area contributed by atoms with E-state index in [4.69, 9.17) is 16.1 Å². The molecule has 1 saturated heterocycles. The first-order valence-electron chi connectivity index (χ1n) is 9.58. The van der Waals surface area contributed by atoms with Crippen molar-refractivity contribution in [3.05, 3.63) is 64.8 Å². The van der Waals surface area contributed by atoms with E-state index in [1.165, 1.54) is 0 Å². The standard InChI is InChI=1S/C21H22ClN5O2/c1-14-4-3-5-18(23-14)21(28)27-12-10-26(11-13-27)15(2)20-24-19(25-29-20)16-6-8-17(22)9-7-16/h3-9,15H,10-13H2,1-2H3. The second kappa shape index (κ2) is 8.31. The molecule has 1 fully saturated rings. The van der Waals surface area contributed by atoms with Crippen molar-refractivity contribution in [2.45, 2.75) is 19.9 Å². The molecular formula is C21H22ClN5O2. The number of hydrogen-bond donors (Lipinski definition) is 0. The molecule has 8 heteroatoms. The SMILES string of the molecule is Cc1cccc(C(=O)N2CCN(C(C)c3nc(-c4ccc(Cl)cc4)no3)CC2)n1. The Hall–Kier alpha value is -2.77. The number of piperazine rings is 1. The van der Waals surface area contributed by atoms with Crippen molar-refractivity contribution >= 4 is 17.5 Å². The lowest BCUT2D eigenvalue weighted by atomic mass is 10.2. The van der Waals surface area contributed by atoms with E-state index in [-0.39, 0.29) is 11.9 Å². The fourth-order valence-corrected chi connectivity index (χ4v) is 3.54. The molecule has 150 valence electrons. The smallest absolute Gasteiger partial charge is 0.272 e. The molecule has 7 nitrogen and oxygen atoms in total. The van der Waals surface area contributed by atoms with Gasteiger partial charge in [0.05, 0.1) is 6.04 Å². The van der Waals surface area contributed by atoms with Crippen molar-refractivity contribution < 1.29 is 9.32 Å². The van der Waals surface area contributed by atoms with Crippen LogP contribution in [0, 0.1) is 6.92 Å². The maximum absolute atomic E-state index is 12.7. The van der Waals surface area contributed by atoms with Gasteiger partial charge in [0.25, 0.3) is 5.91 Å². The number of aryl methyl sites for hydroxylation is 1. The van der Waals surface area contributed by atoms with E-state index in [9.17, 15) is 4.79 Å². The minimum Gasteiger partial charge on any atom is -0.337 e. The lowest BCUT2D eigenvalue weighted by Crippen LogP contribution is -2.49. The highest BCUT2D eigenvalue weighted by Crippen LogP contribution is 2.24. The summed E-state index contributed by atoms with van der Waals surface area (Å²) in [6, 6.07) is 12.8. The molecule has 0 saturated carbocycles. The largest absolute Gasteiger partial charge is 0.337 e. The van der Waals surface area contributed by atoms with Crippen molar-refractivity contribution in [3.63, 3.8) is 0 Å². The Balaban J connectivity index is 1.38. The number of hydrogen-bond acceptors (Lipinski definition) is 6. The van der Waals surface area contributed by atoms with Crippen LogP contribution in [-0.4, -0.2) is 57.0 Å². The van der Waals surface area contributed by atoms with Crippen molar-refractivity contribution in [2.75, 3.05) is 26.2 Å². The van der Waals surface area contributed by atoms with Gasteiger partial charge in [0, 0.05) is 42.5 Å². The summed E-state index contributed by atoms with van der Waals surface area (Å²) in [5.41, 5.74) is 2.20. The van der Waals surface area contributed by atoms with Gasteiger partial charge in [0.15, 0.2) is 0 Å². The summed E-state index contributed by atoms with van der Waals surface area (Å²) in [4.78, 5) is 25.6. The Morgan fingerprint density at radius 2 is 1.79 bits per heavy atom. The molecule has 1 aromatic carbocycles. The maximum atomic E-state index is 12.7. The van der Waals surface area contributed by atoms with Crippen LogP contribution in [0.15, 0.2) is 47.0 Å². The molecule has 2 aromatic heterocycles. The third kappa shape index (κ3) is 4.31. The van der Waals surface area contributed by atoms with E-state index in [0.29, 0.717) is 35.5 Å². The van der Waals surface area contributed by atoms with Crippen molar-refractivity contribution in [1.29, 1.82) is 0 Å². The van der Waals surface area contributed by atoms with Crippen LogP contribution in [0.3, 0.4) is 0 Å². The van der Waals surface area contributed by atoms with Crippen molar-refractivity contribution in [1.82, 2.24) is 24.9 Å². The van der Waals surface area contributed by atoms with Gasteiger partial charge in [0.2, 0.25) is 11.7 Å². The summed E-state index contributed by atoms with van der Waals surface area (Å²) in [6.45, 7) is 6.67. The molecule has 0 aliphatic carbocycles. The minimum absolute atomic E-state index is 0.0242. The van der Waals surface area contributed by atoms with Gasteiger partial charge < -0.3 is 9.42 Å². The van der Waals surface area contributed by atoms with Crippen molar-refractivity contribution in [2.24, 2.45) is 0 Å². The van der Waals surface area contributed by atoms with Crippen LogP contribution in [-0.2, 0) is 0 Å². The van der Waals surface area contributed by atoms with Gasteiger partial charge in [0.1, 0.15) is 5.69 Å². The maximum Gasteiger partial charge on any atom is 0.272 e. The zero-order valence-corrected chi connectivity index (χ0v) is 17.1. The summed E-state index contributed by atoms with van der Waals surface area (Å²) >= 11 is 5.93. The summed E-state index contributed by atoms with van der Waals surface area (Å²) in [7, 11) is 0. The predicted molar refractivity (Wildman–Crippen MR) is 110 cm³/mol. The Morgan fingerprint density at radius 1 is 1.07 bits per heavy atom. The molecular weight excluding hydrogens is 390 g/mol. The molecule has 0 spiro atoms. The Morgan fingerprint density at radius 3 is 2.48 bits per heavy atom. The van der Waals surface area contributed by atoms with Gasteiger partial charge in [-0.25, -0.2) is 4.98 Å². The summed E-state index contributed by atoms with van der Waals surface area (Å²) in [5.74, 6) is 1.08. The van der Waals surface area contributed by atoms with Crippen LogP contribution in [0.25, 0.3) is 11.4 Å². The van der Waals surface area contributed by atoms with E-state index >= 15 is 0 Å². The van der Waals surface area contributed by atoms with Gasteiger partial charge in [-0.15, -0.1) is 0 Å². The monoisotopic (exact) mass is 411 g/mol. The fraction of sp³-hybridized carbons (Fsp3) is 0.333. The highest BCUT2D eigenvalue weighted by molar-refractivity contribution is 6.30. The number of rotatable bonds is 4. The molecule has 1 aliphatic rings. The number of pyridine rings is 1. The van der Waals surface area contributed by atoms with Crippen LogP contribution in [0.4, 0.5) is 0 Å². The molecule has 29 heavy (non-hydrogen) atoms. The second-order valence-corrected chi connectivity index (χ2v) is 7.57. The summed E-state index contributed by atoms with van der Waals surface area (Å²) in [5, 5.41) is 4.76. The Labute approximate surface area is 174 Å². The van der Waals surface area contributed by atoms with E-state index in [1.807, 2.05) is 43.0 Å². The Kier molecular flexibility index (Phi) is 5.60. The number of halogens is 1. The van der Waals surface area contributed by atoms with Crippen LogP contribution in [0.5, 0.6) is 0 Å². The highest BCUT2D eigenvalue weighted by Gasteiger charge is 2.28. The van der Waals surface area contributed by atoms with Crippen LogP contribution in [0.2, 0.25) is 5.02 Å². The number of benzene rings is 1. The first-order valence-corrected chi connectivity index (χ1v) is 9.95. The summed E-state index contributed by atoms with van der Waals surface area (Å²) < 4.78 is 5.49. The third-order valence-electron chi connectivity index (χ3n) is 5.16. The molecule has 1 aliphatic heterocycles. The van der Waals surface area contributed by atoms with Crippen LogP contribution in [0.1, 0.15) is 35.0 Å². The average molecular weight is 412 g/mol. The number of carbonyl (C=O) groups excluding carboxylic acids is 1. The third-order valence-corrected chi connectivity index (χ3v) is 5.41. The number of nitrogens with zero attached hydrogens (tertiary/aromatic N) is 5. The fourth-order valence-electron chi connectivity index (χ4n) is 3.41. The Bertz CT molecular complexity index is 996. The first kappa shape index (κ1) is 19.5. The highest BCUT2D eigenvalue weighted by atomic mass is 35.5. The quantitative estimate of drug-likeness (QED) is 0.652. The molecule has 1 atom stereocenters. The second-order valence-electron chi connectivity index (χ2n) is 7.13. The van der Waals surface area contributed by atoms with E-state index in [2.05, 4.69) is 20.0 Å². The van der Waals surface area contributed by atoms with E-state index < -0.39 is 0 Å². The van der Waals surface area contributed by atoms with Gasteiger partial charge in [-0.05, 0) is 50.2 Å². The molecule has 0 bridgehead atoms. The zero-order valence-electron chi connectivity index (χ0n) is 16.4. The minimum atomic E-state index is -0.0297. The molecule has 3 heterocycles. The van der Waals surface area contributed by atoms with E-state index in [0.717, 1.165) is 24.3 Å². The van der Waals surface area contributed by atoms with Gasteiger partial charge >= 0.3 is 0 Å². The normalized spacial score (nSPS) is 16.0. The van der Waals surface area contributed by atoms with Crippen LogP contribution < -0.4 is 0 Å². The number of aromatic nitrogens is 3. The first-order chi connectivity index (χ1) is 14.0. The molecule has 1 amide bonds. The van der Waals surface area contributed by atoms with Gasteiger partial charge in [-0.3, -0.25) is 9.69 Å². The predicted octanol–water partition coefficient (Wildman–Crippen LogP) is 3.61. The zero-order chi connectivity index (χ0) is 20.4. The lowest BCUT2D eigenvalue weighted by molar-refractivity contribution is 0.0546.